The van der Waals surface area contributed by atoms with E-state index in [4.69, 9.17) is 4.74 Å². The van der Waals surface area contributed by atoms with Gasteiger partial charge in [-0.1, -0.05) is 19.1 Å². The molecule has 0 aromatic carbocycles. The van der Waals surface area contributed by atoms with Crippen LogP contribution in [0.25, 0.3) is 0 Å². The van der Waals surface area contributed by atoms with Gasteiger partial charge in [0.2, 0.25) is 0 Å². The molecule has 1 radical (unpaired) electrons. The second-order valence-electron chi connectivity index (χ2n) is 2.94. The Morgan fingerprint density at radius 3 is 2.25 bits per heavy atom. The van der Waals surface area contributed by atoms with E-state index in [9.17, 15) is 5.11 Å². The number of allylic oxidation sites excluding steroid dienone is 1. The lowest BCUT2D eigenvalue weighted by Gasteiger charge is -2.33. The fourth-order valence-electron chi connectivity index (χ4n) is 0.971. The van der Waals surface area contributed by atoms with Crippen molar-refractivity contribution >= 4 is 0 Å². The number of ether oxygens (including phenoxy) is 1. The molecule has 0 spiro atoms. The lowest BCUT2D eigenvalue weighted by Crippen LogP contribution is -2.36. The molecule has 2 heteroatoms. The van der Waals surface area contributed by atoms with E-state index >= 15 is 0 Å². The van der Waals surface area contributed by atoms with Crippen LogP contribution in [-0.4, -0.2) is 19.3 Å². The Bertz CT molecular complexity index is 119. The maximum Gasteiger partial charge on any atom is 0.100 e. The molecule has 1 rings (SSSR count). The average molecular weight is 171 g/mol. The molecular formula is C10H19O2. The summed E-state index contributed by atoms with van der Waals surface area (Å²) >= 11 is 0. The quantitative estimate of drug-likeness (QED) is 0.587. The van der Waals surface area contributed by atoms with Crippen LogP contribution in [0, 0.1) is 5.92 Å². The van der Waals surface area contributed by atoms with E-state index in [2.05, 4.69) is 13.8 Å². The minimum atomic E-state index is -0.0868. The maximum absolute atomic E-state index is 9.44. The van der Waals surface area contributed by atoms with Gasteiger partial charge in [-0.15, -0.1) is 0 Å². The van der Waals surface area contributed by atoms with Gasteiger partial charge in [-0.2, -0.15) is 0 Å². The summed E-state index contributed by atoms with van der Waals surface area (Å²) in [4.78, 5) is 0. The third-order valence-corrected chi connectivity index (χ3v) is 2.09. The zero-order chi connectivity index (χ0) is 9.40. The van der Waals surface area contributed by atoms with Crippen molar-refractivity contribution in [2.75, 3.05) is 13.2 Å². The highest BCUT2D eigenvalue weighted by Crippen LogP contribution is 2.21. The third kappa shape index (κ3) is 4.52. The molecule has 71 valence electrons. The van der Waals surface area contributed by atoms with Gasteiger partial charge in [-0.3, -0.25) is 0 Å². The van der Waals surface area contributed by atoms with Gasteiger partial charge in [0, 0.05) is 5.92 Å². The predicted molar refractivity (Wildman–Crippen MR) is 49.6 cm³/mol. The molecule has 0 aromatic rings. The second kappa shape index (κ2) is 7.32. The van der Waals surface area contributed by atoms with E-state index in [0.29, 0.717) is 6.10 Å². The zero-order valence-corrected chi connectivity index (χ0v) is 8.25. The van der Waals surface area contributed by atoms with Crippen molar-refractivity contribution in [1.82, 2.24) is 0 Å². The molecule has 0 bridgehead atoms. The summed E-state index contributed by atoms with van der Waals surface area (Å²) in [5.41, 5.74) is 0. The van der Waals surface area contributed by atoms with E-state index in [1.54, 1.807) is 12.2 Å². The van der Waals surface area contributed by atoms with Crippen molar-refractivity contribution in [3.8, 4) is 0 Å². The predicted octanol–water partition coefficient (Wildman–Crippen LogP) is 2.42. The van der Waals surface area contributed by atoms with E-state index in [-0.39, 0.29) is 6.61 Å². The standard InChI is InChI=1S/C6H12O.C4H7O/c1-3-6-4-7-5(6)2;1-2-3-4-5/h5-6H,3-4H2,1-2H3;2-3H,4H2,1H3. The average Bonchev–Trinajstić information content (AvgIpc) is 2.05. The van der Waals surface area contributed by atoms with Gasteiger partial charge in [-0.25, -0.2) is 5.11 Å². The van der Waals surface area contributed by atoms with Gasteiger partial charge < -0.3 is 4.74 Å². The van der Waals surface area contributed by atoms with Crippen LogP contribution in [0.5, 0.6) is 0 Å². The summed E-state index contributed by atoms with van der Waals surface area (Å²) < 4.78 is 5.13. The van der Waals surface area contributed by atoms with E-state index in [0.717, 1.165) is 12.5 Å². The Kier molecular flexibility index (Phi) is 7.11. The molecule has 0 saturated carbocycles. The van der Waals surface area contributed by atoms with Gasteiger partial charge in [0.25, 0.3) is 0 Å². The summed E-state index contributed by atoms with van der Waals surface area (Å²) in [5.74, 6) is 0.861. The van der Waals surface area contributed by atoms with Crippen molar-refractivity contribution in [3.05, 3.63) is 12.2 Å². The Hall–Kier alpha value is -0.340. The van der Waals surface area contributed by atoms with Gasteiger partial charge in [0.05, 0.1) is 12.7 Å². The van der Waals surface area contributed by atoms with Gasteiger partial charge in [0.15, 0.2) is 0 Å². The summed E-state index contributed by atoms with van der Waals surface area (Å²) in [6.07, 6.45) is 5.14. The fourth-order valence-corrected chi connectivity index (χ4v) is 0.971. The lowest BCUT2D eigenvalue weighted by atomic mass is 9.97. The van der Waals surface area contributed by atoms with Crippen molar-refractivity contribution in [3.63, 3.8) is 0 Å². The first kappa shape index (κ1) is 11.7. The number of hydrogen-bond acceptors (Lipinski definition) is 1. The van der Waals surface area contributed by atoms with E-state index < -0.39 is 0 Å². The van der Waals surface area contributed by atoms with Crippen molar-refractivity contribution in [1.29, 1.82) is 0 Å². The summed E-state index contributed by atoms with van der Waals surface area (Å²) in [6, 6.07) is 0. The third-order valence-electron chi connectivity index (χ3n) is 2.09. The monoisotopic (exact) mass is 171 g/mol. The molecule has 0 amide bonds. The van der Waals surface area contributed by atoms with Crippen LogP contribution in [0.1, 0.15) is 27.2 Å². The molecule has 1 aliphatic heterocycles. The largest absolute Gasteiger partial charge is 0.378 e. The molecule has 2 unspecified atom stereocenters. The Balaban J connectivity index is 0.000000217. The molecule has 0 aromatic heterocycles. The number of rotatable bonds is 2. The Morgan fingerprint density at radius 1 is 1.58 bits per heavy atom. The highest BCUT2D eigenvalue weighted by molar-refractivity contribution is 4.74. The first-order chi connectivity index (χ1) is 5.76. The van der Waals surface area contributed by atoms with Crippen molar-refractivity contribution in [2.24, 2.45) is 5.92 Å². The van der Waals surface area contributed by atoms with Crippen LogP contribution < -0.4 is 0 Å². The molecule has 2 atom stereocenters. The van der Waals surface area contributed by atoms with Crippen LogP contribution in [0.3, 0.4) is 0 Å². The molecule has 2 nitrogen and oxygen atoms in total. The molecule has 1 heterocycles. The summed E-state index contributed by atoms with van der Waals surface area (Å²) in [6.45, 7) is 7.09. The second-order valence-corrected chi connectivity index (χ2v) is 2.94. The van der Waals surface area contributed by atoms with Gasteiger partial charge in [0.1, 0.15) is 6.61 Å². The van der Waals surface area contributed by atoms with Crippen molar-refractivity contribution in [2.45, 2.75) is 33.3 Å². The van der Waals surface area contributed by atoms with Crippen LogP contribution in [0.4, 0.5) is 0 Å². The zero-order valence-electron chi connectivity index (χ0n) is 8.25. The van der Waals surface area contributed by atoms with Crippen LogP contribution in [-0.2, 0) is 9.84 Å². The SMILES string of the molecule is CC=CC[O].CCC1COC1C. The Morgan fingerprint density at radius 2 is 2.25 bits per heavy atom. The minimum Gasteiger partial charge on any atom is -0.378 e. The maximum atomic E-state index is 9.44. The molecule has 1 fully saturated rings. The fraction of sp³-hybridized carbons (Fsp3) is 0.800. The van der Waals surface area contributed by atoms with Crippen molar-refractivity contribution < 1.29 is 9.84 Å². The minimum absolute atomic E-state index is 0.0868. The van der Waals surface area contributed by atoms with Crippen LogP contribution in [0.2, 0.25) is 0 Å². The smallest absolute Gasteiger partial charge is 0.100 e. The normalized spacial score (nSPS) is 27.7. The topological polar surface area (TPSA) is 29.1 Å². The number of hydrogen-bond donors (Lipinski definition) is 0. The summed E-state index contributed by atoms with van der Waals surface area (Å²) in [7, 11) is 0. The summed E-state index contributed by atoms with van der Waals surface area (Å²) in [5, 5.41) is 9.44. The molecule has 1 saturated heterocycles. The highest BCUT2D eigenvalue weighted by atomic mass is 16.5. The first-order valence-electron chi connectivity index (χ1n) is 4.57. The van der Waals surface area contributed by atoms with E-state index in [1.165, 1.54) is 6.42 Å². The molecule has 0 aliphatic carbocycles. The highest BCUT2D eigenvalue weighted by Gasteiger charge is 2.25. The van der Waals surface area contributed by atoms with Crippen LogP contribution >= 0.6 is 0 Å². The molecule has 12 heavy (non-hydrogen) atoms. The van der Waals surface area contributed by atoms with Gasteiger partial charge >= 0.3 is 0 Å². The Labute approximate surface area is 75.2 Å². The molecular weight excluding hydrogens is 152 g/mol. The molecule has 1 aliphatic rings. The molecule has 0 N–H and O–H groups in total. The van der Waals surface area contributed by atoms with Gasteiger partial charge in [-0.05, 0) is 20.3 Å². The van der Waals surface area contributed by atoms with Crippen LogP contribution in [0.15, 0.2) is 12.2 Å². The van der Waals surface area contributed by atoms with E-state index in [1.807, 2.05) is 6.92 Å². The lowest BCUT2D eigenvalue weighted by molar-refractivity contribution is -0.103. The first-order valence-corrected chi connectivity index (χ1v) is 4.57.